The quantitative estimate of drug-likeness (QED) is 0.640. The molecule has 0 saturated carbocycles. The molecule has 0 bridgehead atoms. The Morgan fingerprint density at radius 3 is 2.38 bits per heavy atom. The summed E-state index contributed by atoms with van der Waals surface area (Å²) in [6.45, 7) is 6.74. The number of carbonyl (C=O) groups is 2. The number of thiophene rings is 1. The van der Waals surface area contributed by atoms with Crippen LogP contribution in [0.4, 0.5) is 0 Å². The molecule has 0 radical (unpaired) electrons. The van der Waals surface area contributed by atoms with Crippen molar-refractivity contribution in [2.75, 3.05) is 0 Å². The molecule has 2 aromatic heterocycles. The molecule has 0 aliphatic carbocycles. The average Bonchev–Trinajstić information content (AvgIpc) is 3.20. The van der Waals surface area contributed by atoms with E-state index in [1.54, 1.807) is 45.2 Å². The van der Waals surface area contributed by atoms with Gasteiger partial charge in [0.25, 0.3) is 21.8 Å². The highest BCUT2D eigenvalue weighted by Gasteiger charge is 2.29. The van der Waals surface area contributed by atoms with Gasteiger partial charge < -0.3 is 4.42 Å². The molecule has 0 aliphatic rings. The van der Waals surface area contributed by atoms with E-state index >= 15 is 0 Å². The van der Waals surface area contributed by atoms with Gasteiger partial charge in [0.15, 0.2) is 0 Å². The van der Waals surface area contributed by atoms with Crippen LogP contribution in [-0.4, -0.2) is 26.3 Å². The summed E-state index contributed by atoms with van der Waals surface area (Å²) in [6.07, 6.45) is 0. The molecule has 3 N–H and O–H groups in total. The molecule has 0 fully saturated rings. The van der Waals surface area contributed by atoms with Gasteiger partial charge in [0, 0.05) is 0 Å². The summed E-state index contributed by atoms with van der Waals surface area (Å²) in [7, 11) is -3.82. The molecule has 10 heteroatoms. The fraction of sp³-hybridized carbons (Fsp3) is 0.375. The monoisotopic (exact) mass is 399 g/mol. The van der Waals surface area contributed by atoms with E-state index in [1.165, 1.54) is 6.07 Å². The molecule has 2 heterocycles. The highest BCUT2D eigenvalue weighted by Crippen LogP contribution is 2.17. The molecule has 0 unspecified atom stereocenters. The number of carbonyl (C=O) groups excluding carboxylic acids is 2. The SMILES string of the molecule is Cc1cc(C(=O)NNC(=O)[C@H](NS(=O)(=O)c2cccs2)C(C)C)c(C)o1. The van der Waals surface area contributed by atoms with Gasteiger partial charge in [-0.1, -0.05) is 19.9 Å². The van der Waals surface area contributed by atoms with Crippen LogP contribution in [0.3, 0.4) is 0 Å². The Kier molecular flexibility index (Phi) is 6.21. The third-order valence-electron chi connectivity index (χ3n) is 3.58. The number of amides is 2. The zero-order valence-corrected chi connectivity index (χ0v) is 16.5. The van der Waals surface area contributed by atoms with E-state index in [0.717, 1.165) is 11.3 Å². The highest BCUT2D eigenvalue weighted by molar-refractivity contribution is 7.91. The lowest BCUT2D eigenvalue weighted by molar-refractivity contribution is -0.124. The van der Waals surface area contributed by atoms with E-state index in [0.29, 0.717) is 17.1 Å². The van der Waals surface area contributed by atoms with Crippen LogP contribution in [0.5, 0.6) is 0 Å². The maximum atomic E-state index is 12.4. The van der Waals surface area contributed by atoms with Crippen molar-refractivity contribution >= 4 is 33.2 Å². The molecule has 0 aliphatic heterocycles. The van der Waals surface area contributed by atoms with Crippen molar-refractivity contribution in [1.29, 1.82) is 0 Å². The zero-order valence-electron chi connectivity index (χ0n) is 14.8. The number of rotatable bonds is 6. The van der Waals surface area contributed by atoms with Crippen molar-refractivity contribution < 1.29 is 22.4 Å². The predicted octanol–water partition coefficient (Wildman–Crippen LogP) is 1.72. The molecule has 2 rings (SSSR count). The van der Waals surface area contributed by atoms with Crippen molar-refractivity contribution in [1.82, 2.24) is 15.6 Å². The summed E-state index contributed by atoms with van der Waals surface area (Å²) < 4.78 is 32.4. The van der Waals surface area contributed by atoms with Gasteiger partial charge in [-0.25, -0.2) is 8.42 Å². The minimum atomic E-state index is -3.82. The first kappa shape index (κ1) is 20.1. The number of aryl methyl sites for hydroxylation is 2. The number of nitrogens with one attached hydrogen (secondary N) is 3. The molecular formula is C16H21N3O5S2. The van der Waals surface area contributed by atoms with Crippen LogP contribution < -0.4 is 15.6 Å². The van der Waals surface area contributed by atoms with Crippen LogP contribution in [0.25, 0.3) is 0 Å². The molecule has 2 aromatic rings. The Bertz CT molecular complexity index is 885. The van der Waals surface area contributed by atoms with Crippen LogP contribution in [0, 0.1) is 19.8 Å². The minimum absolute atomic E-state index is 0.115. The van der Waals surface area contributed by atoms with Gasteiger partial charge >= 0.3 is 0 Å². The van der Waals surface area contributed by atoms with E-state index in [1.807, 2.05) is 0 Å². The van der Waals surface area contributed by atoms with E-state index in [9.17, 15) is 18.0 Å². The van der Waals surface area contributed by atoms with Crippen LogP contribution in [-0.2, 0) is 14.8 Å². The fourth-order valence-electron chi connectivity index (χ4n) is 2.25. The lowest BCUT2D eigenvalue weighted by Gasteiger charge is -2.21. The van der Waals surface area contributed by atoms with Crippen molar-refractivity contribution in [3.05, 3.63) is 40.7 Å². The normalized spacial score (nSPS) is 12.8. The zero-order chi connectivity index (χ0) is 19.5. The van der Waals surface area contributed by atoms with Gasteiger partial charge in [-0.15, -0.1) is 11.3 Å². The lowest BCUT2D eigenvalue weighted by Crippen LogP contribution is -2.54. The van der Waals surface area contributed by atoms with Crippen LogP contribution >= 0.6 is 11.3 Å². The second-order valence-corrected chi connectivity index (χ2v) is 8.93. The molecule has 0 saturated heterocycles. The van der Waals surface area contributed by atoms with Crippen LogP contribution in [0.2, 0.25) is 0 Å². The van der Waals surface area contributed by atoms with Crippen molar-refractivity contribution in [3.8, 4) is 0 Å². The van der Waals surface area contributed by atoms with Gasteiger partial charge in [-0.3, -0.25) is 20.4 Å². The molecule has 0 aromatic carbocycles. The fourth-order valence-corrected chi connectivity index (χ4v) is 4.61. The van der Waals surface area contributed by atoms with Crippen LogP contribution in [0.15, 0.2) is 32.2 Å². The molecular weight excluding hydrogens is 378 g/mol. The van der Waals surface area contributed by atoms with E-state index in [2.05, 4.69) is 15.6 Å². The first-order valence-electron chi connectivity index (χ1n) is 7.85. The predicted molar refractivity (Wildman–Crippen MR) is 97.1 cm³/mol. The molecule has 2 amide bonds. The number of sulfonamides is 1. The first-order valence-corrected chi connectivity index (χ1v) is 10.2. The van der Waals surface area contributed by atoms with Crippen LogP contribution in [0.1, 0.15) is 35.7 Å². The number of furan rings is 1. The Morgan fingerprint density at radius 2 is 1.88 bits per heavy atom. The number of hydrogen-bond acceptors (Lipinski definition) is 6. The summed E-state index contributed by atoms with van der Waals surface area (Å²) in [5, 5.41) is 1.63. The first-order chi connectivity index (χ1) is 12.1. The second-order valence-electron chi connectivity index (χ2n) is 6.05. The largest absolute Gasteiger partial charge is 0.466 e. The summed E-state index contributed by atoms with van der Waals surface area (Å²) in [5.74, 6) is -0.544. The number of hydrazine groups is 1. The maximum Gasteiger partial charge on any atom is 0.273 e. The Hall–Kier alpha value is -2.17. The van der Waals surface area contributed by atoms with Crippen molar-refractivity contribution in [3.63, 3.8) is 0 Å². The second kappa shape index (κ2) is 8.02. The van der Waals surface area contributed by atoms with Crippen molar-refractivity contribution in [2.24, 2.45) is 5.92 Å². The Balaban J connectivity index is 2.05. The molecule has 1 atom stereocenters. The maximum absolute atomic E-state index is 12.4. The molecule has 142 valence electrons. The Labute approximate surface area is 156 Å². The van der Waals surface area contributed by atoms with Gasteiger partial charge in [0.05, 0.1) is 5.56 Å². The van der Waals surface area contributed by atoms with Gasteiger partial charge in [0.2, 0.25) is 0 Å². The summed E-state index contributed by atoms with van der Waals surface area (Å²) in [4.78, 5) is 24.5. The molecule has 0 spiro atoms. The van der Waals surface area contributed by atoms with E-state index in [-0.39, 0.29) is 10.1 Å². The summed E-state index contributed by atoms with van der Waals surface area (Å²) >= 11 is 1.05. The lowest BCUT2D eigenvalue weighted by atomic mass is 10.1. The Morgan fingerprint density at radius 1 is 1.19 bits per heavy atom. The summed E-state index contributed by atoms with van der Waals surface area (Å²) in [5.41, 5.74) is 4.84. The summed E-state index contributed by atoms with van der Waals surface area (Å²) in [6, 6.07) is 3.57. The average molecular weight is 399 g/mol. The van der Waals surface area contributed by atoms with Crippen molar-refractivity contribution in [2.45, 2.75) is 37.9 Å². The third kappa shape index (κ3) is 4.71. The minimum Gasteiger partial charge on any atom is -0.466 e. The van der Waals surface area contributed by atoms with Gasteiger partial charge in [-0.2, -0.15) is 4.72 Å². The smallest absolute Gasteiger partial charge is 0.273 e. The topological polar surface area (TPSA) is 118 Å². The highest BCUT2D eigenvalue weighted by atomic mass is 32.2. The van der Waals surface area contributed by atoms with E-state index < -0.39 is 27.9 Å². The van der Waals surface area contributed by atoms with Gasteiger partial charge in [0.1, 0.15) is 21.8 Å². The standard InChI is InChI=1S/C16H21N3O5S2/c1-9(2)14(19-26(22,23)13-6-5-7-25-13)16(21)18-17-15(20)12-8-10(3)24-11(12)4/h5-9,14,19H,1-4H3,(H,17,20)(H,18,21)/t14-/m1/s1. The molecule has 8 nitrogen and oxygen atoms in total. The third-order valence-corrected chi connectivity index (χ3v) is 6.41. The van der Waals surface area contributed by atoms with E-state index in [4.69, 9.17) is 4.42 Å². The molecule has 26 heavy (non-hydrogen) atoms. The number of hydrogen-bond donors (Lipinski definition) is 3. The van der Waals surface area contributed by atoms with Gasteiger partial charge in [-0.05, 0) is 37.3 Å².